The predicted molar refractivity (Wildman–Crippen MR) is 85.4 cm³/mol. The van der Waals surface area contributed by atoms with Gasteiger partial charge in [0.1, 0.15) is 0 Å². The number of nitrogens with one attached hydrogen (secondary N) is 1. The number of hydrogen-bond acceptors (Lipinski definition) is 2. The first-order valence-electron chi connectivity index (χ1n) is 7.36. The summed E-state index contributed by atoms with van der Waals surface area (Å²) in [5.74, 6) is 0. The number of hydrogen-bond donors (Lipinski definition) is 1. The molecule has 1 heterocycles. The highest BCUT2D eigenvalue weighted by Gasteiger charge is 2.25. The number of nitrogens with zero attached hydrogens (tertiary/aromatic N) is 1. The van der Waals surface area contributed by atoms with E-state index < -0.39 is 0 Å². The molecule has 2 rings (SSSR count). The molecule has 0 saturated carbocycles. The number of aryl methyl sites for hydroxylation is 1. The lowest BCUT2D eigenvalue weighted by atomic mass is 10.0. The number of piperazine rings is 1. The third-order valence-corrected chi connectivity index (χ3v) is 5.08. The Labute approximate surface area is 125 Å². The molecule has 1 aliphatic heterocycles. The van der Waals surface area contributed by atoms with Gasteiger partial charge in [-0.15, -0.1) is 0 Å². The Morgan fingerprint density at radius 1 is 1.32 bits per heavy atom. The molecular formula is C16H25BrN2. The average Bonchev–Trinajstić information content (AvgIpc) is 2.43. The zero-order valence-corrected chi connectivity index (χ0v) is 13.8. The predicted octanol–water partition coefficient (Wildman–Crippen LogP) is 3.72. The van der Waals surface area contributed by atoms with Crippen LogP contribution >= 0.6 is 15.9 Å². The van der Waals surface area contributed by atoms with Gasteiger partial charge in [-0.2, -0.15) is 0 Å². The molecule has 0 amide bonds. The maximum atomic E-state index is 3.66. The summed E-state index contributed by atoms with van der Waals surface area (Å²) in [5.41, 5.74) is 2.75. The molecular weight excluding hydrogens is 300 g/mol. The Morgan fingerprint density at radius 2 is 2.11 bits per heavy atom. The molecule has 1 aromatic carbocycles. The Bertz CT molecular complexity index is 419. The van der Waals surface area contributed by atoms with Crippen LogP contribution in [-0.2, 0) is 6.54 Å². The zero-order valence-electron chi connectivity index (χ0n) is 12.2. The van der Waals surface area contributed by atoms with E-state index in [0.29, 0.717) is 12.1 Å². The van der Waals surface area contributed by atoms with Gasteiger partial charge in [-0.1, -0.05) is 41.9 Å². The molecule has 1 aliphatic rings. The molecule has 106 valence electrons. The van der Waals surface area contributed by atoms with Crippen molar-refractivity contribution in [2.24, 2.45) is 0 Å². The molecule has 0 aromatic heterocycles. The molecule has 0 aliphatic carbocycles. The largest absolute Gasteiger partial charge is 0.311 e. The summed E-state index contributed by atoms with van der Waals surface area (Å²) in [6.45, 7) is 10.1. The van der Waals surface area contributed by atoms with Gasteiger partial charge in [0.15, 0.2) is 0 Å². The summed E-state index contributed by atoms with van der Waals surface area (Å²) in [4.78, 5) is 2.65. The minimum atomic E-state index is 0.652. The zero-order chi connectivity index (χ0) is 13.8. The van der Waals surface area contributed by atoms with Gasteiger partial charge in [0.2, 0.25) is 0 Å². The summed E-state index contributed by atoms with van der Waals surface area (Å²) in [5, 5.41) is 3.66. The second kappa shape index (κ2) is 6.87. The van der Waals surface area contributed by atoms with Crippen LogP contribution in [0.3, 0.4) is 0 Å². The number of halogens is 1. The SMILES string of the molecule is CCC1CN(Cc2ccc(Br)c(C)c2)C(CC)CN1. The van der Waals surface area contributed by atoms with Crippen LogP contribution < -0.4 is 5.32 Å². The van der Waals surface area contributed by atoms with Crippen molar-refractivity contribution in [3.63, 3.8) is 0 Å². The topological polar surface area (TPSA) is 15.3 Å². The van der Waals surface area contributed by atoms with Crippen molar-refractivity contribution in [2.75, 3.05) is 13.1 Å². The fraction of sp³-hybridized carbons (Fsp3) is 0.625. The quantitative estimate of drug-likeness (QED) is 0.908. The van der Waals surface area contributed by atoms with Crippen LogP contribution in [0.5, 0.6) is 0 Å². The van der Waals surface area contributed by atoms with E-state index in [-0.39, 0.29) is 0 Å². The van der Waals surface area contributed by atoms with Crippen molar-refractivity contribution >= 4 is 15.9 Å². The molecule has 2 atom stereocenters. The van der Waals surface area contributed by atoms with Gasteiger partial charge < -0.3 is 5.32 Å². The molecule has 2 unspecified atom stereocenters. The fourth-order valence-corrected chi connectivity index (χ4v) is 3.08. The molecule has 1 saturated heterocycles. The first-order valence-corrected chi connectivity index (χ1v) is 8.15. The van der Waals surface area contributed by atoms with Crippen LogP contribution in [0.2, 0.25) is 0 Å². The van der Waals surface area contributed by atoms with Gasteiger partial charge in [-0.05, 0) is 37.0 Å². The second-order valence-corrected chi connectivity index (χ2v) is 6.44. The van der Waals surface area contributed by atoms with Gasteiger partial charge in [-0.25, -0.2) is 0 Å². The molecule has 1 fully saturated rings. The Hall–Kier alpha value is -0.380. The summed E-state index contributed by atoms with van der Waals surface area (Å²) < 4.78 is 1.20. The summed E-state index contributed by atoms with van der Waals surface area (Å²) >= 11 is 3.58. The van der Waals surface area contributed by atoms with E-state index in [2.05, 4.69) is 65.1 Å². The molecule has 0 bridgehead atoms. The average molecular weight is 325 g/mol. The molecule has 3 heteroatoms. The lowest BCUT2D eigenvalue weighted by Gasteiger charge is -2.40. The molecule has 1 aromatic rings. The van der Waals surface area contributed by atoms with Crippen LogP contribution in [0, 0.1) is 6.92 Å². The highest BCUT2D eigenvalue weighted by Crippen LogP contribution is 2.20. The molecule has 2 nitrogen and oxygen atoms in total. The third kappa shape index (κ3) is 3.80. The number of rotatable bonds is 4. The van der Waals surface area contributed by atoms with Crippen LogP contribution in [0.15, 0.2) is 22.7 Å². The van der Waals surface area contributed by atoms with E-state index in [1.807, 2.05) is 0 Å². The van der Waals surface area contributed by atoms with Gasteiger partial charge >= 0.3 is 0 Å². The second-order valence-electron chi connectivity index (χ2n) is 5.59. The fourth-order valence-electron chi connectivity index (χ4n) is 2.84. The Morgan fingerprint density at radius 3 is 2.74 bits per heavy atom. The summed E-state index contributed by atoms with van der Waals surface area (Å²) in [6.07, 6.45) is 2.44. The van der Waals surface area contributed by atoms with Gasteiger partial charge in [0, 0.05) is 36.2 Å². The van der Waals surface area contributed by atoms with Gasteiger partial charge in [0.05, 0.1) is 0 Å². The van der Waals surface area contributed by atoms with Crippen molar-refractivity contribution < 1.29 is 0 Å². The van der Waals surface area contributed by atoms with E-state index in [9.17, 15) is 0 Å². The smallest absolute Gasteiger partial charge is 0.0237 e. The van der Waals surface area contributed by atoms with Crippen molar-refractivity contribution in [1.29, 1.82) is 0 Å². The van der Waals surface area contributed by atoms with Crippen LogP contribution in [0.1, 0.15) is 37.8 Å². The van der Waals surface area contributed by atoms with Crippen LogP contribution in [0.4, 0.5) is 0 Å². The first-order chi connectivity index (χ1) is 9.13. The highest BCUT2D eigenvalue weighted by molar-refractivity contribution is 9.10. The van der Waals surface area contributed by atoms with Crippen molar-refractivity contribution in [1.82, 2.24) is 10.2 Å². The number of benzene rings is 1. The minimum absolute atomic E-state index is 0.652. The standard InChI is InChI=1S/C16H25BrN2/c1-4-14-11-19(15(5-2)9-18-14)10-13-6-7-16(17)12(3)8-13/h6-8,14-15,18H,4-5,9-11H2,1-3H3. The lowest BCUT2D eigenvalue weighted by molar-refractivity contribution is 0.117. The van der Waals surface area contributed by atoms with Gasteiger partial charge in [0.25, 0.3) is 0 Å². The minimum Gasteiger partial charge on any atom is -0.311 e. The maximum absolute atomic E-state index is 3.66. The third-order valence-electron chi connectivity index (χ3n) is 4.19. The monoisotopic (exact) mass is 324 g/mol. The molecule has 1 N–H and O–H groups in total. The Balaban J connectivity index is 2.07. The van der Waals surface area contributed by atoms with Crippen LogP contribution in [-0.4, -0.2) is 30.1 Å². The highest BCUT2D eigenvalue weighted by atomic mass is 79.9. The normalized spacial score (nSPS) is 24.6. The first kappa shape index (κ1) is 15.0. The molecule has 0 radical (unpaired) electrons. The summed E-state index contributed by atoms with van der Waals surface area (Å²) in [6, 6.07) is 8.05. The molecule has 0 spiro atoms. The van der Waals surface area contributed by atoms with E-state index in [1.165, 1.54) is 35.0 Å². The van der Waals surface area contributed by atoms with E-state index in [0.717, 1.165) is 13.1 Å². The summed E-state index contributed by atoms with van der Waals surface area (Å²) in [7, 11) is 0. The van der Waals surface area contributed by atoms with E-state index in [4.69, 9.17) is 0 Å². The lowest BCUT2D eigenvalue weighted by Crippen LogP contribution is -2.55. The maximum Gasteiger partial charge on any atom is 0.0237 e. The molecule has 19 heavy (non-hydrogen) atoms. The Kier molecular flexibility index (Phi) is 5.43. The van der Waals surface area contributed by atoms with E-state index in [1.54, 1.807) is 0 Å². The van der Waals surface area contributed by atoms with Crippen LogP contribution in [0.25, 0.3) is 0 Å². The van der Waals surface area contributed by atoms with Crippen molar-refractivity contribution in [3.8, 4) is 0 Å². The van der Waals surface area contributed by atoms with Crippen molar-refractivity contribution in [2.45, 2.75) is 52.2 Å². The van der Waals surface area contributed by atoms with E-state index >= 15 is 0 Å². The van der Waals surface area contributed by atoms with Crippen molar-refractivity contribution in [3.05, 3.63) is 33.8 Å². The van der Waals surface area contributed by atoms with Gasteiger partial charge in [-0.3, -0.25) is 4.90 Å².